The largest absolute Gasteiger partial charge is 0.481 e. The third kappa shape index (κ3) is 11.7. The number of benzene rings is 2. The van der Waals surface area contributed by atoms with Gasteiger partial charge in [-0.3, -0.25) is 28.8 Å². The summed E-state index contributed by atoms with van der Waals surface area (Å²) in [6.45, 7) is 0.367. The molecule has 2 aromatic carbocycles. The van der Waals surface area contributed by atoms with Gasteiger partial charge in [0.25, 0.3) is 0 Å². The van der Waals surface area contributed by atoms with Crippen LogP contribution in [-0.2, 0) is 35.2 Å². The number of nitrogens with two attached hydrogens (primary N) is 2. The number of carbonyl (C=O) groups excluding carboxylic acids is 6. The maximum atomic E-state index is 13.8. The number of hydrogen-bond donors (Lipinski definition) is 7. The number of piperidine rings is 1. The highest BCUT2D eigenvalue weighted by Crippen LogP contribution is 2.21. The lowest BCUT2D eigenvalue weighted by molar-refractivity contribution is -0.144. The van der Waals surface area contributed by atoms with Crippen LogP contribution in [0.25, 0.3) is 10.8 Å². The van der Waals surface area contributed by atoms with Gasteiger partial charge in [0.15, 0.2) is 0 Å². The van der Waals surface area contributed by atoms with Gasteiger partial charge in [-0.05, 0) is 48.4 Å². The first-order valence-corrected chi connectivity index (χ1v) is 16.2. The van der Waals surface area contributed by atoms with Crippen molar-refractivity contribution >= 4 is 63.9 Å². The van der Waals surface area contributed by atoms with Crippen molar-refractivity contribution < 1.29 is 38.7 Å². The molecular weight excluding hydrogens is 646 g/mol. The summed E-state index contributed by atoms with van der Waals surface area (Å²) in [5.74, 6) is -4.90. The Morgan fingerprint density at radius 2 is 1.65 bits per heavy atom. The van der Waals surface area contributed by atoms with Crippen molar-refractivity contribution in [1.29, 1.82) is 0 Å². The van der Waals surface area contributed by atoms with E-state index in [4.69, 9.17) is 23.1 Å². The van der Waals surface area contributed by atoms with Crippen molar-refractivity contribution in [3.05, 3.63) is 48.0 Å². The van der Waals surface area contributed by atoms with Gasteiger partial charge in [0.05, 0.1) is 6.42 Å². The van der Waals surface area contributed by atoms with Gasteiger partial charge >= 0.3 is 12.0 Å². The molecule has 0 saturated carbocycles. The summed E-state index contributed by atoms with van der Waals surface area (Å²) in [5, 5.41) is 21.4. The van der Waals surface area contributed by atoms with Crippen LogP contribution in [-0.4, -0.2) is 94.7 Å². The van der Waals surface area contributed by atoms with E-state index in [0.29, 0.717) is 12.8 Å². The highest BCUT2D eigenvalue weighted by atomic mass is 35.5. The van der Waals surface area contributed by atoms with Crippen LogP contribution in [0, 0.1) is 0 Å². The molecule has 1 saturated heterocycles. The van der Waals surface area contributed by atoms with Crippen LogP contribution in [0.2, 0.25) is 0 Å². The number of primary amides is 2. The van der Waals surface area contributed by atoms with Crippen molar-refractivity contribution in [1.82, 2.24) is 26.2 Å². The minimum atomic E-state index is -1.23. The van der Waals surface area contributed by atoms with Gasteiger partial charge in [0.1, 0.15) is 24.0 Å². The lowest BCUT2D eigenvalue weighted by Gasteiger charge is -2.36. The fourth-order valence-corrected chi connectivity index (χ4v) is 5.71. The molecule has 1 aliphatic rings. The summed E-state index contributed by atoms with van der Waals surface area (Å²) in [5.41, 5.74) is 11.4. The summed E-state index contributed by atoms with van der Waals surface area (Å²) >= 11 is 5.55. The Bertz CT molecular complexity index is 1510. The molecule has 0 aromatic heterocycles. The summed E-state index contributed by atoms with van der Waals surface area (Å²) in [7, 11) is 0. The maximum absolute atomic E-state index is 13.8. The van der Waals surface area contributed by atoms with Gasteiger partial charge in [-0.1, -0.05) is 42.5 Å². The molecule has 3 rings (SSSR count). The third-order valence-electron chi connectivity index (χ3n) is 7.97. The van der Waals surface area contributed by atoms with E-state index in [-0.39, 0.29) is 45.2 Å². The molecule has 0 spiro atoms. The van der Waals surface area contributed by atoms with E-state index in [9.17, 15) is 38.7 Å². The number of carboxylic acids is 1. The number of carbonyl (C=O) groups is 7. The fourth-order valence-electron chi connectivity index (χ4n) is 5.64. The minimum Gasteiger partial charge on any atom is -0.481 e. The molecule has 0 bridgehead atoms. The van der Waals surface area contributed by atoms with Gasteiger partial charge in [-0.2, -0.15) is 0 Å². The quantitative estimate of drug-likeness (QED) is 0.0896. The summed E-state index contributed by atoms with van der Waals surface area (Å²) < 4.78 is 0. The first-order valence-electron chi connectivity index (χ1n) is 15.7. The number of fused-ring (bicyclic) bond motifs is 1. The van der Waals surface area contributed by atoms with Crippen molar-refractivity contribution in [3.8, 4) is 0 Å². The van der Waals surface area contributed by atoms with E-state index in [2.05, 4.69) is 21.3 Å². The predicted molar refractivity (Wildman–Crippen MR) is 176 cm³/mol. The number of hydrogen-bond acceptors (Lipinski definition) is 7. The molecule has 16 heteroatoms. The second kappa shape index (κ2) is 18.4. The van der Waals surface area contributed by atoms with E-state index in [1.165, 1.54) is 4.90 Å². The first kappa shape index (κ1) is 37.5. The molecule has 1 aliphatic heterocycles. The molecule has 1 fully saturated rings. The molecule has 9 N–H and O–H groups in total. The zero-order valence-electron chi connectivity index (χ0n) is 26.4. The Morgan fingerprint density at radius 3 is 2.31 bits per heavy atom. The number of nitrogens with one attached hydrogen (secondary N) is 4. The second-order valence-electron chi connectivity index (χ2n) is 11.6. The topological polar surface area (TPSA) is 243 Å². The number of alkyl halides is 1. The average molecular weight is 688 g/mol. The SMILES string of the molecule is NC(=O)NCCCC(NC(=O)C(Cc1ccc2ccccc2c1)NC(=O)[C@@H]1CCCCN1C(=O)CC(CC(=O)O)NC(=O)CCl)C(N)=O. The molecule has 0 radical (unpaired) electrons. The smallest absolute Gasteiger partial charge is 0.312 e. The van der Waals surface area contributed by atoms with Crippen LogP contribution < -0.4 is 32.7 Å². The van der Waals surface area contributed by atoms with E-state index in [1.54, 1.807) is 0 Å². The molecule has 15 nitrogen and oxygen atoms in total. The Labute approximate surface area is 282 Å². The molecule has 1 heterocycles. The van der Waals surface area contributed by atoms with E-state index >= 15 is 0 Å². The van der Waals surface area contributed by atoms with E-state index < -0.39 is 78.0 Å². The Kier molecular flexibility index (Phi) is 14.4. The highest BCUT2D eigenvalue weighted by molar-refractivity contribution is 6.27. The number of carboxylic acid groups (broad SMARTS) is 1. The van der Waals surface area contributed by atoms with Crippen LogP contribution >= 0.6 is 11.6 Å². The standard InChI is InChI=1S/C32H42ClN7O8/c33-18-26(41)37-22(17-28(43)44)16-27(42)40-13-4-3-9-25(40)31(47)39-24(15-19-10-11-20-6-1-2-7-21(20)14-19)30(46)38-23(29(34)45)8-5-12-36-32(35)48/h1-2,6-7,10-11,14,22-25H,3-5,8-9,12-13,15-18H2,(H2,34,45)(H,37,41)(H,38,46)(H,39,47)(H,43,44)(H3,35,36,48)/t22?,23?,24?,25-/m0/s1. The molecule has 3 unspecified atom stereocenters. The van der Waals surface area contributed by atoms with Crippen molar-refractivity contribution in [3.63, 3.8) is 0 Å². The number of urea groups is 1. The van der Waals surface area contributed by atoms with Gasteiger partial charge in [-0.25, -0.2) is 4.79 Å². The van der Waals surface area contributed by atoms with Gasteiger partial charge in [-0.15, -0.1) is 11.6 Å². The maximum Gasteiger partial charge on any atom is 0.312 e. The summed E-state index contributed by atoms with van der Waals surface area (Å²) in [6.07, 6.45) is 1.04. The zero-order valence-corrected chi connectivity index (χ0v) is 27.2. The number of rotatable bonds is 17. The number of amides is 7. The third-order valence-corrected chi connectivity index (χ3v) is 8.21. The monoisotopic (exact) mass is 687 g/mol. The summed E-state index contributed by atoms with van der Waals surface area (Å²) in [6, 6.07) is 8.19. The Morgan fingerprint density at radius 1 is 0.917 bits per heavy atom. The summed E-state index contributed by atoms with van der Waals surface area (Å²) in [4.78, 5) is 88.6. The van der Waals surface area contributed by atoms with Crippen molar-refractivity contribution in [2.45, 2.75) is 75.5 Å². The first-order chi connectivity index (χ1) is 22.9. The molecular formula is C32H42ClN7O8. The predicted octanol–water partition coefficient (Wildman–Crippen LogP) is 0.255. The van der Waals surface area contributed by atoms with Crippen LogP contribution in [0.3, 0.4) is 0 Å². The fraction of sp³-hybridized carbons (Fsp3) is 0.469. The van der Waals surface area contributed by atoms with Gasteiger partial charge in [0.2, 0.25) is 29.5 Å². The number of aliphatic carboxylic acids is 1. The minimum absolute atomic E-state index is 0.0446. The second-order valence-corrected chi connectivity index (χ2v) is 11.9. The molecule has 4 atom stereocenters. The molecule has 48 heavy (non-hydrogen) atoms. The van der Waals surface area contributed by atoms with Crippen LogP contribution in [0.4, 0.5) is 4.79 Å². The van der Waals surface area contributed by atoms with Crippen LogP contribution in [0.1, 0.15) is 50.5 Å². The molecule has 2 aromatic rings. The molecule has 7 amide bonds. The zero-order chi connectivity index (χ0) is 35.2. The van der Waals surface area contributed by atoms with Gasteiger partial charge in [0, 0.05) is 32.0 Å². The number of likely N-dealkylation sites (tertiary alicyclic amines) is 1. The number of halogens is 1. The molecule has 260 valence electrons. The normalized spacial score (nSPS) is 16.2. The molecule has 0 aliphatic carbocycles. The Hall–Kier alpha value is -4.92. The van der Waals surface area contributed by atoms with Crippen LogP contribution in [0.15, 0.2) is 42.5 Å². The van der Waals surface area contributed by atoms with Crippen molar-refractivity contribution in [2.75, 3.05) is 19.0 Å². The number of nitrogens with zero attached hydrogens (tertiary/aromatic N) is 1. The van der Waals surface area contributed by atoms with Crippen molar-refractivity contribution in [2.24, 2.45) is 11.5 Å². The average Bonchev–Trinajstić information content (AvgIpc) is 3.04. The lowest BCUT2D eigenvalue weighted by atomic mass is 9.97. The van der Waals surface area contributed by atoms with Crippen LogP contribution in [0.5, 0.6) is 0 Å². The highest BCUT2D eigenvalue weighted by Gasteiger charge is 2.36. The van der Waals surface area contributed by atoms with E-state index in [1.807, 2.05) is 42.5 Å². The van der Waals surface area contributed by atoms with E-state index in [0.717, 1.165) is 16.3 Å². The lowest BCUT2D eigenvalue weighted by Crippen LogP contribution is -2.58. The Balaban J connectivity index is 1.82. The van der Waals surface area contributed by atoms with Gasteiger partial charge < -0.3 is 42.7 Å².